The number of hydrogen-bond acceptors (Lipinski definition) is 4. The van der Waals surface area contributed by atoms with Gasteiger partial charge in [-0.1, -0.05) is 30.3 Å². The summed E-state index contributed by atoms with van der Waals surface area (Å²) in [6, 6.07) is 17.8. The largest absolute Gasteiger partial charge is 0.491 e. The van der Waals surface area contributed by atoms with Gasteiger partial charge in [-0.05, 0) is 56.5 Å². The Kier molecular flexibility index (Phi) is 5.39. The maximum Gasteiger partial charge on any atom is 0.145 e. The lowest BCUT2D eigenvalue weighted by atomic mass is 10.2. The van der Waals surface area contributed by atoms with E-state index in [1.807, 2.05) is 42.5 Å². The Morgan fingerprint density at radius 3 is 2.64 bits per heavy atom. The van der Waals surface area contributed by atoms with Crippen molar-refractivity contribution in [2.45, 2.75) is 32.8 Å². The van der Waals surface area contributed by atoms with Gasteiger partial charge in [0.1, 0.15) is 22.8 Å². The molecule has 0 aliphatic heterocycles. The first kappa shape index (κ1) is 17.1. The van der Waals surface area contributed by atoms with Crippen LogP contribution in [0.3, 0.4) is 0 Å². The molecule has 1 atom stereocenters. The molecule has 25 heavy (non-hydrogen) atoms. The fourth-order valence-electron chi connectivity index (χ4n) is 2.77. The van der Waals surface area contributed by atoms with Crippen molar-refractivity contribution in [2.75, 3.05) is 12.3 Å². The van der Waals surface area contributed by atoms with Crippen molar-refractivity contribution < 1.29 is 9.47 Å². The highest BCUT2D eigenvalue weighted by atomic mass is 16.5. The molecule has 0 aliphatic carbocycles. The van der Waals surface area contributed by atoms with Crippen molar-refractivity contribution in [2.24, 2.45) is 0 Å². The normalized spacial score (nSPS) is 12.1. The van der Waals surface area contributed by atoms with Crippen LogP contribution in [0.15, 0.2) is 54.6 Å². The molecule has 2 N–H and O–H groups in total. The van der Waals surface area contributed by atoms with Gasteiger partial charge in [-0.2, -0.15) is 0 Å². The number of ether oxygens (including phenoxy) is 2. The first-order valence-electron chi connectivity index (χ1n) is 8.64. The standard InChI is InChI=1S/C21H24N2O2/c1-15-7-3-4-10-18(15)25-16(2)8-6-14-24-19-11-5-9-17-12-13-20(22)23-21(17)19/h3-5,7,9-13,16H,6,8,14H2,1-2H3,(H2,22,23). The van der Waals surface area contributed by atoms with E-state index in [4.69, 9.17) is 15.2 Å². The molecule has 3 aromatic rings. The molecule has 4 heteroatoms. The van der Waals surface area contributed by atoms with Gasteiger partial charge in [-0.15, -0.1) is 0 Å². The summed E-state index contributed by atoms with van der Waals surface area (Å²) in [5, 5.41) is 1.03. The number of rotatable bonds is 7. The number of nitrogens with zero attached hydrogens (tertiary/aromatic N) is 1. The van der Waals surface area contributed by atoms with E-state index in [1.54, 1.807) is 6.07 Å². The number of aromatic nitrogens is 1. The number of hydrogen-bond donors (Lipinski definition) is 1. The molecule has 130 valence electrons. The number of para-hydroxylation sites is 2. The van der Waals surface area contributed by atoms with Gasteiger partial charge >= 0.3 is 0 Å². The van der Waals surface area contributed by atoms with Gasteiger partial charge in [-0.25, -0.2) is 4.98 Å². The van der Waals surface area contributed by atoms with Crippen molar-refractivity contribution in [3.05, 3.63) is 60.2 Å². The third-order valence-corrected chi connectivity index (χ3v) is 4.14. The minimum absolute atomic E-state index is 0.144. The first-order chi connectivity index (χ1) is 12.1. The van der Waals surface area contributed by atoms with E-state index in [0.29, 0.717) is 12.4 Å². The summed E-state index contributed by atoms with van der Waals surface area (Å²) in [5.41, 5.74) is 7.76. The third-order valence-electron chi connectivity index (χ3n) is 4.14. The van der Waals surface area contributed by atoms with Crippen LogP contribution in [0.5, 0.6) is 11.5 Å². The van der Waals surface area contributed by atoms with E-state index in [1.165, 1.54) is 0 Å². The summed E-state index contributed by atoms with van der Waals surface area (Å²) in [4.78, 5) is 4.38. The quantitative estimate of drug-likeness (QED) is 0.632. The fraction of sp³-hybridized carbons (Fsp3) is 0.286. The number of nitrogen functional groups attached to an aromatic ring is 1. The molecule has 0 aliphatic rings. The lowest BCUT2D eigenvalue weighted by molar-refractivity contribution is 0.193. The van der Waals surface area contributed by atoms with Crippen LogP contribution in [0.25, 0.3) is 10.9 Å². The van der Waals surface area contributed by atoms with E-state index in [2.05, 4.69) is 24.9 Å². The lowest BCUT2D eigenvalue weighted by Crippen LogP contribution is -2.14. The molecule has 0 saturated heterocycles. The second kappa shape index (κ2) is 7.88. The van der Waals surface area contributed by atoms with Gasteiger partial charge in [0.15, 0.2) is 0 Å². The molecular formula is C21H24N2O2. The monoisotopic (exact) mass is 336 g/mol. The molecule has 0 amide bonds. The van der Waals surface area contributed by atoms with Crippen molar-refractivity contribution in [3.63, 3.8) is 0 Å². The Balaban J connectivity index is 1.52. The number of aryl methyl sites for hydroxylation is 1. The SMILES string of the molecule is Cc1ccccc1OC(C)CCCOc1cccc2ccc(N)nc12. The van der Waals surface area contributed by atoms with Gasteiger partial charge < -0.3 is 15.2 Å². The highest BCUT2D eigenvalue weighted by molar-refractivity contribution is 5.85. The maximum atomic E-state index is 6.00. The third kappa shape index (κ3) is 4.41. The molecule has 2 aromatic carbocycles. The highest BCUT2D eigenvalue weighted by Gasteiger charge is 2.07. The number of anilines is 1. The molecule has 0 bridgehead atoms. The molecule has 1 unspecified atom stereocenters. The topological polar surface area (TPSA) is 57.4 Å². The van der Waals surface area contributed by atoms with Crippen LogP contribution in [0.2, 0.25) is 0 Å². The van der Waals surface area contributed by atoms with Crippen LogP contribution < -0.4 is 15.2 Å². The van der Waals surface area contributed by atoms with Crippen LogP contribution in [0.1, 0.15) is 25.3 Å². The number of nitrogens with two attached hydrogens (primary N) is 1. The highest BCUT2D eigenvalue weighted by Crippen LogP contribution is 2.25. The summed E-state index contributed by atoms with van der Waals surface area (Å²) in [6.07, 6.45) is 1.98. The minimum atomic E-state index is 0.144. The summed E-state index contributed by atoms with van der Waals surface area (Å²) < 4.78 is 11.9. The maximum absolute atomic E-state index is 6.00. The van der Waals surface area contributed by atoms with Gasteiger partial charge in [0.25, 0.3) is 0 Å². The predicted molar refractivity (Wildman–Crippen MR) is 102 cm³/mol. The van der Waals surface area contributed by atoms with E-state index in [0.717, 1.165) is 40.8 Å². The predicted octanol–water partition coefficient (Wildman–Crippen LogP) is 4.75. The molecule has 1 aromatic heterocycles. The van der Waals surface area contributed by atoms with Crippen LogP contribution in [-0.2, 0) is 0 Å². The number of fused-ring (bicyclic) bond motifs is 1. The van der Waals surface area contributed by atoms with Gasteiger partial charge in [0.2, 0.25) is 0 Å². The Hall–Kier alpha value is -2.75. The Labute approximate surface area is 148 Å². The molecule has 0 saturated carbocycles. The molecule has 1 heterocycles. The van der Waals surface area contributed by atoms with Crippen LogP contribution in [0, 0.1) is 6.92 Å². The van der Waals surface area contributed by atoms with Crippen molar-refractivity contribution in [3.8, 4) is 11.5 Å². The second-order valence-corrected chi connectivity index (χ2v) is 6.25. The zero-order valence-corrected chi connectivity index (χ0v) is 14.7. The van der Waals surface area contributed by atoms with Crippen molar-refractivity contribution in [1.82, 2.24) is 4.98 Å². The molecule has 0 spiro atoms. The van der Waals surface area contributed by atoms with Crippen LogP contribution in [0.4, 0.5) is 5.82 Å². The number of pyridine rings is 1. The lowest BCUT2D eigenvalue weighted by Gasteiger charge is -2.16. The minimum Gasteiger partial charge on any atom is -0.491 e. The summed E-state index contributed by atoms with van der Waals surface area (Å²) in [5.74, 6) is 2.23. The average molecular weight is 336 g/mol. The molecule has 4 nitrogen and oxygen atoms in total. The zero-order valence-electron chi connectivity index (χ0n) is 14.7. The smallest absolute Gasteiger partial charge is 0.145 e. The molecule has 3 rings (SSSR count). The summed E-state index contributed by atoms with van der Waals surface area (Å²) >= 11 is 0. The zero-order chi connectivity index (χ0) is 17.6. The van der Waals surface area contributed by atoms with Crippen molar-refractivity contribution >= 4 is 16.7 Å². The summed E-state index contributed by atoms with van der Waals surface area (Å²) in [6.45, 7) is 4.77. The Morgan fingerprint density at radius 2 is 1.80 bits per heavy atom. The van der Waals surface area contributed by atoms with Crippen molar-refractivity contribution in [1.29, 1.82) is 0 Å². The van der Waals surface area contributed by atoms with Crippen LogP contribution >= 0.6 is 0 Å². The van der Waals surface area contributed by atoms with E-state index < -0.39 is 0 Å². The molecule has 0 radical (unpaired) electrons. The van der Waals surface area contributed by atoms with Gasteiger partial charge in [0, 0.05) is 5.39 Å². The second-order valence-electron chi connectivity index (χ2n) is 6.25. The fourth-order valence-corrected chi connectivity index (χ4v) is 2.77. The van der Waals surface area contributed by atoms with Crippen LogP contribution in [-0.4, -0.2) is 17.7 Å². The molecule has 0 fully saturated rings. The Bertz CT molecular complexity index is 848. The average Bonchev–Trinajstić information content (AvgIpc) is 2.61. The van der Waals surface area contributed by atoms with E-state index in [9.17, 15) is 0 Å². The van der Waals surface area contributed by atoms with E-state index >= 15 is 0 Å². The molecular weight excluding hydrogens is 312 g/mol. The Morgan fingerprint density at radius 1 is 1.00 bits per heavy atom. The van der Waals surface area contributed by atoms with Gasteiger partial charge in [-0.3, -0.25) is 0 Å². The number of benzene rings is 2. The summed E-state index contributed by atoms with van der Waals surface area (Å²) in [7, 11) is 0. The van der Waals surface area contributed by atoms with E-state index in [-0.39, 0.29) is 6.10 Å². The van der Waals surface area contributed by atoms with Gasteiger partial charge in [0.05, 0.1) is 12.7 Å². The first-order valence-corrected chi connectivity index (χ1v) is 8.64.